The topological polar surface area (TPSA) is 49.9 Å². The average molecular weight is 346 g/mol. The normalized spacial score (nSPS) is 17.4. The second kappa shape index (κ2) is 6.51. The van der Waals surface area contributed by atoms with Crippen LogP contribution in [0.5, 0.6) is 5.75 Å². The van der Waals surface area contributed by atoms with Gasteiger partial charge in [-0.15, -0.1) is 0 Å². The molecular formula is C18H16F2N2O3. The number of benzene rings is 2. The molecule has 25 heavy (non-hydrogen) atoms. The molecule has 1 aliphatic heterocycles. The van der Waals surface area contributed by atoms with Crippen LogP contribution in [0.15, 0.2) is 42.5 Å². The number of methoxy groups -OCH3 is 1. The lowest BCUT2D eigenvalue weighted by Crippen LogP contribution is -2.33. The maximum absolute atomic E-state index is 13.8. The van der Waals surface area contributed by atoms with Crippen LogP contribution < -0.4 is 9.64 Å². The predicted octanol–water partition coefficient (Wildman–Crippen LogP) is 3.33. The van der Waals surface area contributed by atoms with Gasteiger partial charge in [0.2, 0.25) is 0 Å². The Kier molecular flexibility index (Phi) is 4.39. The third-order valence-corrected chi connectivity index (χ3v) is 4.11. The van der Waals surface area contributed by atoms with Crippen LogP contribution >= 0.6 is 0 Å². The van der Waals surface area contributed by atoms with Crippen LogP contribution in [0.25, 0.3) is 0 Å². The minimum absolute atomic E-state index is 0.0549. The lowest BCUT2D eigenvalue weighted by molar-refractivity contribution is -0.127. The minimum atomic E-state index is -0.721. The van der Waals surface area contributed by atoms with Gasteiger partial charge in [0.1, 0.15) is 11.9 Å². The van der Waals surface area contributed by atoms with Crippen molar-refractivity contribution in [1.29, 1.82) is 0 Å². The van der Waals surface area contributed by atoms with Crippen molar-refractivity contribution in [2.75, 3.05) is 12.0 Å². The summed E-state index contributed by atoms with van der Waals surface area (Å²) in [5, 5.41) is 0. The smallest absolute Gasteiger partial charge is 0.332 e. The first kappa shape index (κ1) is 16.9. The molecule has 0 N–H and O–H groups in total. The van der Waals surface area contributed by atoms with Crippen molar-refractivity contribution in [1.82, 2.24) is 4.90 Å². The van der Waals surface area contributed by atoms with Crippen LogP contribution in [0.1, 0.15) is 12.5 Å². The maximum atomic E-state index is 13.8. The Labute approximate surface area is 143 Å². The van der Waals surface area contributed by atoms with E-state index in [9.17, 15) is 18.4 Å². The molecule has 130 valence electrons. The highest BCUT2D eigenvalue weighted by molar-refractivity contribution is 6.13. The summed E-state index contributed by atoms with van der Waals surface area (Å²) in [6, 6.07) is 8.33. The molecule has 0 bridgehead atoms. The molecule has 1 saturated heterocycles. The number of halogens is 2. The standard InChI is InChI=1S/C18H16F2N2O3/c1-11-17(23)21(10-12-3-8-16(25-2)15(20)9-12)18(24)22(11)14-6-4-13(19)5-7-14/h3-9,11H,10H2,1-2H3. The van der Waals surface area contributed by atoms with Gasteiger partial charge >= 0.3 is 6.03 Å². The largest absolute Gasteiger partial charge is 0.494 e. The third kappa shape index (κ3) is 3.05. The number of anilines is 1. The molecule has 1 fully saturated rings. The van der Waals surface area contributed by atoms with Crippen LogP contribution in [0.4, 0.5) is 19.3 Å². The van der Waals surface area contributed by atoms with Crippen molar-refractivity contribution in [3.8, 4) is 5.75 Å². The van der Waals surface area contributed by atoms with Crippen molar-refractivity contribution >= 4 is 17.6 Å². The monoisotopic (exact) mass is 346 g/mol. The first-order valence-corrected chi connectivity index (χ1v) is 7.65. The molecule has 1 aliphatic rings. The molecule has 2 aromatic rings. The zero-order chi connectivity index (χ0) is 18.1. The maximum Gasteiger partial charge on any atom is 0.332 e. The Morgan fingerprint density at radius 3 is 2.36 bits per heavy atom. The Morgan fingerprint density at radius 2 is 1.76 bits per heavy atom. The summed E-state index contributed by atoms with van der Waals surface area (Å²) in [7, 11) is 1.36. The fourth-order valence-electron chi connectivity index (χ4n) is 2.80. The molecule has 3 rings (SSSR count). The van der Waals surface area contributed by atoms with E-state index in [2.05, 4.69) is 0 Å². The van der Waals surface area contributed by atoms with Gasteiger partial charge in [0, 0.05) is 5.69 Å². The average Bonchev–Trinajstić information content (AvgIpc) is 2.80. The SMILES string of the molecule is COc1ccc(CN2C(=O)C(C)N(c3ccc(F)cc3)C2=O)cc1F. The quantitative estimate of drug-likeness (QED) is 0.798. The van der Waals surface area contributed by atoms with E-state index in [-0.39, 0.29) is 12.3 Å². The number of hydrogen-bond acceptors (Lipinski definition) is 3. The Balaban J connectivity index is 1.85. The number of urea groups is 1. The van der Waals surface area contributed by atoms with Crippen molar-refractivity contribution < 1.29 is 23.1 Å². The minimum Gasteiger partial charge on any atom is -0.494 e. The van der Waals surface area contributed by atoms with E-state index in [1.807, 2.05) is 0 Å². The Bertz CT molecular complexity index is 824. The highest BCUT2D eigenvalue weighted by atomic mass is 19.1. The number of carbonyl (C=O) groups excluding carboxylic acids is 2. The van der Waals surface area contributed by atoms with Crippen LogP contribution in [0, 0.1) is 11.6 Å². The molecule has 3 amide bonds. The van der Waals surface area contributed by atoms with E-state index >= 15 is 0 Å². The molecule has 1 atom stereocenters. The lowest BCUT2D eigenvalue weighted by Gasteiger charge is -2.19. The van der Waals surface area contributed by atoms with Crippen molar-refractivity contribution in [3.05, 3.63) is 59.7 Å². The molecule has 1 unspecified atom stereocenters. The van der Waals surface area contributed by atoms with Gasteiger partial charge in [0.15, 0.2) is 11.6 Å². The van der Waals surface area contributed by atoms with E-state index in [4.69, 9.17) is 4.74 Å². The molecule has 0 aliphatic carbocycles. The number of imide groups is 1. The fourth-order valence-corrected chi connectivity index (χ4v) is 2.80. The molecule has 0 spiro atoms. The molecule has 0 radical (unpaired) electrons. The van der Waals surface area contributed by atoms with Crippen molar-refractivity contribution in [2.24, 2.45) is 0 Å². The van der Waals surface area contributed by atoms with Gasteiger partial charge in [0.25, 0.3) is 5.91 Å². The highest BCUT2D eigenvalue weighted by Gasteiger charge is 2.43. The van der Waals surface area contributed by atoms with Crippen LogP contribution in [0.2, 0.25) is 0 Å². The van der Waals surface area contributed by atoms with E-state index < -0.39 is 29.6 Å². The second-order valence-corrected chi connectivity index (χ2v) is 5.70. The number of hydrogen-bond donors (Lipinski definition) is 0. The summed E-state index contributed by atoms with van der Waals surface area (Å²) in [6.45, 7) is 1.54. The summed E-state index contributed by atoms with van der Waals surface area (Å²) >= 11 is 0. The molecule has 0 aromatic heterocycles. The number of carbonyl (C=O) groups is 2. The van der Waals surface area contributed by atoms with Gasteiger partial charge < -0.3 is 4.74 Å². The van der Waals surface area contributed by atoms with E-state index in [0.29, 0.717) is 11.3 Å². The first-order chi connectivity index (χ1) is 11.9. The summed E-state index contributed by atoms with van der Waals surface area (Å²) in [5.74, 6) is -1.31. The van der Waals surface area contributed by atoms with Gasteiger partial charge in [-0.05, 0) is 48.9 Å². The molecular weight excluding hydrogens is 330 g/mol. The second-order valence-electron chi connectivity index (χ2n) is 5.70. The number of rotatable bonds is 4. The summed E-state index contributed by atoms with van der Waals surface area (Å²) < 4.78 is 31.7. The fraction of sp³-hybridized carbons (Fsp3) is 0.222. The molecule has 7 heteroatoms. The lowest BCUT2D eigenvalue weighted by atomic mass is 10.2. The highest BCUT2D eigenvalue weighted by Crippen LogP contribution is 2.28. The zero-order valence-electron chi connectivity index (χ0n) is 13.7. The third-order valence-electron chi connectivity index (χ3n) is 4.11. The van der Waals surface area contributed by atoms with E-state index in [0.717, 1.165) is 4.90 Å². The first-order valence-electron chi connectivity index (χ1n) is 7.65. The van der Waals surface area contributed by atoms with E-state index in [1.165, 1.54) is 48.4 Å². The van der Waals surface area contributed by atoms with Gasteiger partial charge in [0.05, 0.1) is 13.7 Å². The van der Waals surface area contributed by atoms with Crippen LogP contribution in [-0.2, 0) is 11.3 Å². The molecule has 0 saturated carbocycles. The summed E-state index contributed by atoms with van der Waals surface area (Å²) in [4.78, 5) is 27.4. The van der Waals surface area contributed by atoms with Gasteiger partial charge in [-0.2, -0.15) is 0 Å². The predicted molar refractivity (Wildman–Crippen MR) is 87.2 cm³/mol. The van der Waals surface area contributed by atoms with Gasteiger partial charge in [-0.25, -0.2) is 13.6 Å². The Morgan fingerprint density at radius 1 is 1.08 bits per heavy atom. The summed E-state index contributed by atoms with van der Waals surface area (Å²) in [5.41, 5.74) is 0.892. The van der Waals surface area contributed by atoms with E-state index in [1.54, 1.807) is 13.0 Å². The Hall–Kier alpha value is -2.96. The van der Waals surface area contributed by atoms with Gasteiger partial charge in [-0.1, -0.05) is 6.07 Å². The number of nitrogens with zero attached hydrogens (tertiary/aromatic N) is 2. The van der Waals surface area contributed by atoms with Crippen LogP contribution in [-0.4, -0.2) is 30.0 Å². The van der Waals surface area contributed by atoms with Crippen molar-refractivity contribution in [2.45, 2.75) is 19.5 Å². The van der Waals surface area contributed by atoms with Crippen molar-refractivity contribution in [3.63, 3.8) is 0 Å². The molecule has 1 heterocycles. The zero-order valence-corrected chi connectivity index (χ0v) is 13.7. The molecule has 2 aromatic carbocycles. The van der Waals surface area contributed by atoms with Crippen LogP contribution in [0.3, 0.4) is 0 Å². The number of amides is 3. The number of ether oxygens (including phenoxy) is 1. The summed E-state index contributed by atoms with van der Waals surface area (Å²) in [6.07, 6.45) is 0. The molecule has 5 nitrogen and oxygen atoms in total. The van der Waals surface area contributed by atoms with Gasteiger partial charge in [-0.3, -0.25) is 14.6 Å².